The summed E-state index contributed by atoms with van der Waals surface area (Å²) in [6.45, 7) is 3.00. The highest BCUT2D eigenvalue weighted by Gasteiger charge is 2.23. The van der Waals surface area contributed by atoms with Crippen LogP contribution in [0.2, 0.25) is 0 Å². The first kappa shape index (κ1) is 17.4. The molecule has 1 aliphatic heterocycles. The lowest BCUT2D eigenvalue weighted by molar-refractivity contribution is -0.142. The van der Waals surface area contributed by atoms with Crippen LogP contribution in [0.4, 0.5) is 4.39 Å². The van der Waals surface area contributed by atoms with Gasteiger partial charge in [-0.1, -0.05) is 12.1 Å². The van der Waals surface area contributed by atoms with E-state index in [1.165, 1.54) is 18.2 Å². The number of nitrogens with one attached hydrogen (secondary N) is 1. The monoisotopic (exact) mass is 323 g/mol. The van der Waals surface area contributed by atoms with Gasteiger partial charge in [0.2, 0.25) is 5.91 Å². The van der Waals surface area contributed by atoms with Crippen LogP contribution in [-0.4, -0.2) is 30.2 Å². The van der Waals surface area contributed by atoms with Crippen molar-refractivity contribution in [1.29, 1.82) is 0 Å². The van der Waals surface area contributed by atoms with Crippen LogP contribution in [0.15, 0.2) is 18.2 Å². The van der Waals surface area contributed by atoms with Crippen molar-refractivity contribution < 1.29 is 23.8 Å². The largest absolute Gasteiger partial charge is 0.479 e. The molecule has 0 radical (unpaired) electrons. The van der Waals surface area contributed by atoms with Crippen molar-refractivity contribution in [2.24, 2.45) is 5.92 Å². The summed E-state index contributed by atoms with van der Waals surface area (Å²) in [7, 11) is 0. The minimum atomic E-state index is -1.16. The number of halogens is 1. The first-order valence-corrected chi connectivity index (χ1v) is 7.83. The van der Waals surface area contributed by atoms with Crippen LogP contribution in [-0.2, 0) is 14.3 Å². The maximum atomic E-state index is 13.3. The minimum Gasteiger partial charge on any atom is -0.479 e. The third-order valence-electron chi connectivity index (χ3n) is 4.19. The Labute approximate surface area is 134 Å². The standard InChI is InChI=1S/C17H22FNO4/c1-11-10-13(3-4-14(11)18)16(17(21)22)19-15(20)5-2-12-6-8-23-9-7-12/h3-4,10,12,16H,2,5-9H2,1H3,(H,19,20)(H,21,22). The van der Waals surface area contributed by atoms with E-state index in [9.17, 15) is 19.1 Å². The average Bonchev–Trinajstić information content (AvgIpc) is 2.54. The van der Waals surface area contributed by atoms with Crippen LogP contribution in [0.1, 0.15) is 42.9 Å². The maximum absolute atomic E-state index is 13.3. The number of carboxylic acid groups (broad SMARTS) is 1. The average molecular weight is 323 g/mol. The van der Waals surface area contributed by atoms with E-state index in [1.807, 2.05) is 0 Å². The molecule has 2 rings (SSSR count). The number of aryl methyl sites for hydroxylation is 1. The van der Waals surface area contributed by atoms with Crippen molar-refractivity contribution in [3.05, 3.63) is 35.1 Å². The fourth-order valence-corrected chi connectivity index (χ4v) is 2.74. The summed E-state index contributed by atoms with van der Waals surface area (Å²) < 4.78 is 18.6. The lowest BCUT2D eigenvalue weighted by Crippen LogP contribution is -2.34. The zero-order chi connectivity index (χ0) is 16.8. The quantitative estimate of drug-likeness (QED) is 0.844. The summed E-state index contributed by atoms with van der Waals surface area (Å²) >= 11 is 0. The molecule has 6 heteroatoms. The molecule has 5 nitrogen and oxygen atoms in total. The SMILES string of the molecule is Cc1cc(C(NC(=O)CCC2CCOCC2)C(=O)O)ccc1F. The second-order valence-corrected chi connectivity index (χ2v) is 5.94. The van der Waals surface area contributed by atoms with Gasteiger partial charge in [0, 0.05) is 19.6 Å². The molecular weight excluding hydrogens is 301 g/mol. The molecule has 1 atom stereocenters. The maximum Gasteiger partial charge on any atom is 0.330 e. The van der Waals surface area contributed by atoms with Crippen LogP contribution in [0.25, 0.3) is 0 Å². The predicted molar refractivity (Wildman–Crippen MR) is 82.4 cm³/mol. The van der Waals surface area contributed by atoms with Crippen molar-refractivity contribution in [2.45, 2.75) is 38.6 Å². The van der Waals surface area contributed by atoms with E-state index < -0.39 is 17.8 Å². The van der Waals surface area contributed by atoms with E-state index in [0.717, 1.165) is 32.5 Å². The van der Waals surface area contributed by atoms with E-state index >= 15 is 0 Å². The molecule has 1 aromatic carbocycles. The first-order chi connectivity index (χ1) is 11.0. The van der Waals surface area contributed by atoms with Gasteiger partial charge in [0.05, 0.1) is 0 Å². The first-order valence-electron chi connectivity index (χ1n) is 7.83. The van der Waals surface area contributed by atoms with Crippen LogP contribution in [0.3, 0.4) is 0 Å². The third kappa shape index (κ3) is 5.03. The summed E-state index contributed by atoms with van der Waals surface area (Å²) in [5, 5.41) is 11.9. The van der Waals surface area contributed by atoms with E-state index in [2.05, 4.69) is 5.32 Å². The Balaban J connectivity index is 1.94. The van der Waals surface area contributed by atoms with Crippen LogP contribution < -0.4 is 5.32 Å². The fourth-order valence-electron chi connectivity index (χ4n) is 2.74. The highest BCUT2D eigenvalue weighted by molar-refractivity contribution is 5.84. The minimum absolute atomic E-state index is 0.286. The Morgan fingerprint density at radius 2 is 2.09 bits per heavy atom. The number of ether oxygens (including phenoxy) is 1. The summed E-state index contributed by atoms with van der Waals surface area (Å²) in [6.07, 6.45) is 2.89. The number of carbonyl (C=O) groups excluding carboxylic acids is 1. The van der Waals surface area contributed by atoms with Gasteiger partial charge in [0.25, 0.3) is 0 Å². The van der Waals surface area contributed by atoms with Crippen molar-refractivity contribution in [3.8, 4) is 0 Å². The number of carboxylic acids is 1. The lowest BCUT2D eigenvalue weighted by atomic mass is 9.94. The molecule has 1 saturated heterocycles. The summed E-state index contributed by atoms with van der Waals surface area (Å²) in [6, 6.07) is 2.90. The second-order valence-electron chi connectivity index (χ2n) is 5.94. The Kier molecular flexibility index (Phi) is 6.10. The van der Waals surface area contributed by atoms with Crippen molar-refractivity contribution in [3.63, 3.8) is 0 Å². The van der Waals surface area contributed by atoms with Gasteiger partial charge in [0.1, 0.15) is 5.82 Å². The molecule has 1 fully saturated rings. The molecule has 1 unspecified atom stereocenters. The van der Waals surface area contributed by atoms with E-state index in [4.69, 9.17) is 4.74 Å². The molecule has 0 saturated carbocycles. The smallest absolute Gasteiger partial charge is 0.330 e. The van der Waals surface area contributed by atoms with Crippen LogP contribution in [0.5, 0.6) is 0 Å². The molecule has 0 bridgehead atoms. The van der Waals surface area contributed by atoms with Gasteiger partial charge in [-0.05, 0) is 49.3 Å². The fraction of sp³-hybridized carbons (Fsp3) is 0.529. The molecule has 23 heavy (non-hydrogen) atoms. The summed E-state index contributed by atoms with van der Waals surface area (Å²) in [4.78, 5) is 23.5. The molecule has 1 aliphatic rings. The van der Waals surface area contributed by atoms with Gasteiger partial charge in [-0.2, -0.15) is 0 Å². The lowest BCUT2D eigenvalue weighted by Gasteiger charge is -2.22. The summed E-state index contributed by atoms with van der Waals surface area (Å²) in [5.74, 6) is -1.41. The molecule has 0 aliphatic carbocycles. The molecule has 0 spiro atoms. The van der Waals surface area contributed by atoms with Gasteiger partial charge < -0.3 is 15.2 Å². The molecule has 0 aromatic heterocycles. The predicted octanol–water partition coefficient (Wildman–Crippen LogP) is 2.58. The van der Waals surface area contributed by atoms with Crippen molar-refractivity contribution in [1.82, 2.24) is 5.32 Å². The van der Waals surface area contributed by atoms with Gasteiger partial charge >= 0.3 is 5.97 Å². The van der Waals surface area contributed by atoms with Gasteiger partial charge in [-0.3, -0.25) is 4.79 Å². The third-order valence-corrected chi connectivity index (χ3v) is 4.19. The highest BCUT2D eigenvalue weighted by atomic mass is 19.1. The number of hydrogen-bond acceptors (Lipinski definition) is 3. The van der Waals surface area contributed by atoms with E-state index in [1.54, 1.807) is 6.92 Å². The van der Waals surface area contributed by atoms with Crippen molar-refractivity contribution in [2.75, 3.05) is 13.2 Å². The van der Waals surface area contributed by atoms with Crippen molar-refractivity contribution >= 4 is 11.9 Å². The zero-order valence-corrected chi connectivity index (χ0v) is 13.2. The molecule has 2 N–H and O–H groups in total. The van der Waals surface area contributed by atoms with E-state index in [0.29, 0.717) is 17.0 Å². The molecule has 1 heterocycles. The molecule has 1 aromatic rings. The highest BCUT2D eigenvalue weighted by Crippen LogP contribution is 2.21. The second kappa shape index (κ2) is 8.06. The topological polar surface area (TPSA) is 75.6 Å². The Morgan fingerprint density at radius 3 is 2.70 bits per heavy atom. The normalized spacial score (nSPS) is 16.8. The molecule has 1 amide bonds. The summed E-state index contributed by atoms with van der Waals surface area (Å²) in [5.41, 5.74) is 0.723. The zero-order valence-electron chi connectivity index (χ0n) is 13.2. The number of rotatable bonds is 6. The Morgan fingerprint density at radius 1 is 1.39 bits per heavy atom. The Bertz CT molecular complexity index is 570. The van der Waals surface area contributed by atoms with Gasteiger partial charge in [0.15, 0.2) is 6.04 Å². The Hall–Kier alpha value is -1.95. The number of aliphatic carboxylic acids is 1. The van der Waals surface area contributed by atoms with Gasteiger partial charge in [-0.15, -0.1) is 0 Å². The number of hydrogen-bond donors (Lipinski definition) is 2. The number of benzene rings is 1. The van der Waals surface area contributed by atoms with Crippen LogP contribution in [0, 0.1) is 18.7 Å². The van der Waals surface area contributed by atoms with Crippen LogP contribution >= 0.6 is 0 Å². The molecule has 126 valence electrons. The van der Waals surface area contributed by atoms with E-state index in [-0.39, 0.29) is 12.3 Å². The molecular formula is C17H22FNO4. The van der Waals surface area contributed by atoms with Gasteiger partial charge in [-0.25, -0.2) is 9.18 Å². The number of amides is 1. The number of carbonyl (C=O) groups is 2.